The van der Waals surface area contributed by atoms with E-state index < -0.39 is 0 Å². The van der Waals surface area contributed by atoms with Gasteiger partial charge >= 0.3 is 0 Å². The van der Waals surface area contributed by atoms with Crippen molar-refractivity contribution in [2.45, 2.75) is 26.8 Å². The number of nitrogens with two attached hydrogens (primary N) is 1. The Balaban J connectivity index is 2.08. The smallest absolute Gasteiger partial charge is 0.251 e. The van der Waals surface area contributed by atoms with Gasteiger partial charge in [-0.15, -0.1) is 11.3 Å². The van der Waals surface area contributed by atoms with Crippen LogP contribution < -0.4 is 16.6 Å². The lowest BCUT2D eigenvalue weighted by Crippen LogP contribution is -2.26. The van der Waals surface area contributed by atoms with Gasteiger partial charge in [-0.2, -0.15) is 0 Å². The van der Waals surface area contributed by atoms with Crippen LogP contribution >= 0.6 is 11.3 Å². The fraction of sp³-hybridized carbons (Fsp3) is 0.286. The molecular formula is C14H18N4OS. The quantitative estimate of drug-likeness (QED) is 0.597. The summed E-state index contributed by atoms with van der Waals surface area (Å²) < 4.78 is 0. The second-order valence-corrected chi connectivity index (χ2v) is 5.83. The summed E-state index contributed by atoms with van der Waals surface area (Å²) in [4.78, 5) is 17.6. The molecule has 2 rings (SSSR count). The van der Waals surface area contributed by atoms with Gasteiger partial charge in [0.15, 0.2) is 0 Å². The zero-order valence-electron chi connectivity index (χ0n) is 11.7. The summed E-state index contributed by atoms with van der Waals surface area (Å²) in [6.07, 6.45) is 0. The van der Waals surface area contributed by atoms with Gasteiger partial charge in [0.2, 0.25) is 0 Å². The molecule has 1 aromatic carbocycles. The number of hydrazine groups is 1. The maximum absolute atomic E-state index is 12.2. The van der Waals surface area contributed by atoms with Crippen molar-refractivity contribution in [3.05, 3.63) is 45.4 Å². The first-order valence-electron chi connectivity index (χ1n) is 6.32. The highest BCUT2D eigenvalue weighted by Crippen LogP contribution is 2.24. The standard InChI is InChI=1S/C14H18N4OS/c1-8-13(20-10(3)16-8)9(2)17-14(19)11-4-6-12(18-15)7-5-11/h4-7,9,18H,15H2,1-3H3,(H,17,19). The van der Waals surface area contributed by atoms with Crippen LogP contribution in [-0.2, 0) is 0 Å². The van der Waals surface area contributed by atoms with E-state index in [-0.39, 0.29) is 11.9 Å². The highest BCUT2D eigenvalue weighted by atomic mass is 32.1. The molecule has 106 valence electrons. The number of thiazole rings is 1. The van der Waals surface area contributed by atoms with Gasteiger partial charge in [0.1, 0.15) is 0 Å². The summed E-state index contributed by atoms with van der Waals surface area (Å²) >= 11 is 1.61. The maximum atomic E-state index is 12.2. The second kappa shape index (κ2) is 6.02. The third-order valence-corrected chi connectivity index (χ3v) is 4.25. The molecule has 0 spiro atoms. The van der Waals surface area contributed by atoms with Crippen LogP contribution in [0.2, 0.25) is 0 Å². The van der Waals surface area contributed by atoms with Crippen LogP contribution in [0.3, 0.4) is 0 Å². The number of aromatic nitrogens is 1. The van der Waals surface area contributed by atoms with Crippen molar-refractivity contribution in [3.8, 4) is 0 Å². The normalized spacial score (nSPS) is 12.0. The predicted molar refractivity (Wildman–Crippen MR) is 81.7 cm³/mol. The number of hydrogen-bond acceptors (Lipinski definition) is 5. The van der Waals surface area contributed by atoms with E-state index in [2.05, 4.69) is 15.7 Å². The van der Waals surface area contributed by atoms with Crippen LogP contribution in [0.5, 0.6) is 0 Å². The number of benzene rings is 1. The molecule has 1 atom stereocenters. The Kier molecular flexibility index (Phi) is 4.36. The molecule has 0 aliphatic rings. The van der Waals surface area contributed by atoms with Gasteiger partial charge in [-0.3, -0.25) is 10.6 Å². The number of carbonyl (C=O) groups excluding carboxylic acids is 1. The van der Waals surface area contributed by atoms with Gasteiger partial charge in [0.05, 0.1) is 16.7 Å². The summed E-state index contributed by atoms with van der Waals surface area (Å²) in [7, 11) is 0. The van der Waals surface area contributed by atoms with E-state index in [1.807, 2.05) is 20.8 Å². The Labute approximate surface area is 122 Å². The molecule has 0 aliphatic carbocycles. The Morgan fingerprint density at radius 3 is 2.45 bits per heavy atom. The van der Waals surface area contributed by atoms with Crippen molar-refractivity contribution in [2.24, 2.45) is 5.84 Å². The van der Waals surface area contributed by atoms with E-state index >= 15 is 0 Å². The average Bonchev–Trinajstić information content (AvgIpc) is 2.78. The minimum Gasteiger partial charge on any atom is -0.345 e. The summed E-state index contributed by atoms with van der Waals surface area (Å²) in [5.74, 6) is 5.19. The van der Waals surface area contributed by atoms with Crippen LogP contribution in [-0.4, -0.2) is 10.9 Å². The largest absolute Gasteiger partial charge is 0.345 e. The van der Waals surface area contributed by atoms with Crippen molar-refractivity contribution in [2.75, 3.05) is 5.43 Å². The molecular weight excluding hydrogens is 272 g/mol. The van der Waals surface area contributed by atoms with E-state index in [9.17, 15) is 4.79 Å². The molecule has 1 heterocycles. The third-order valence-electron chi connectivity index (χ3n) is 2.99. The minimum absolute atomic E-state index is 0.0546. The second-order valence-electron chi connectivity index (χ2n) is 4.60. The SMILES string of the molecule is Cc1nc(C)c(C(C)NC(=O)c2ccc(NN)cc2)s1. The third kappa shape index (κ3) is 3.15. The average molecular weight is 290 g/mol. The number of amides is 1. The van der Waals surface area contributed by atoms with Crippen molar-refractivity contribution in [1.29, 1.82) is 0 Å². The Morgan fingerprint density at radius 1 is 1.30 bits per heavy atom. The monoisotopic (exact) mass is 290 g/mol. The minimum atomic E-state index is -0.105. The molecule has 1 unspecified atom stereocenters. The van der Waals surface area contributed by atoms with Gasteiger partial charge in [-0.25, -0.2) is 4.98 Å². The van der Waals surface area contributed by atoms with Gasteiger partial charge in [0, 0.05) is 16.1 Å². The summed E-state index contributed by atoms with van der Waals surface area (Å²) in [6, 6.07) is 6.95. The van der Waals surface area contributed by atoms with E-state index in [4.69, 9.17) is 5.84 Å². The van der Waals surface area contributed by atoms with Gasteiger partial charge in [0.25, 0.3) is 5.91 Å². The van der Waals surface area contributed by atoms with Crippen LogP contribution in [0.25, 0.3) is 0 Å². The first kappa shape index (κ1) is 14.5. The molecule has 0 aliphatic heterocycles. The van der Waals surface area contributed by atoms with Crippen LogP contribution in [0.4, 0.5) is 5.69 Å². The summed E-state index contributed by atoms with van der Waals surface area (Å²) in [5.41, 5.74) is 4.88. The molecule has 1 aromatic heterocycles. The lowest BCUT2D eigenvalue weighted by atomic mass is 10.1. The molecule has 0 fully saturated rings. The molecule has 2 aromatic rings. The molecule has 1 amide bonds. The Hall–Kier alpha value is -1.92. The number of anilines is 1. The van der Waals surface area contributed by atoms with Gasteiger partial charge < -0.3 is 10.7 Å². The van der Waals surface area contributed by atoms with E-state index in [0.717, 1.165) is 21.3 Å². The fourth-order valence-electron chi connectivity index (χ4n) is 2.01. The number of nitrogens with one attached hydrogen (secondary N) is 2. The van der Waals surface area contributed by atoms with Crippen molar-refractivity contribution in [3.63, 3.8) is 0 Å². The van der Waals surface area contributed by atoms with Gasteiger partial charge in [-0.05, 0) is 45.0 Å². The first-order chi connectivity index (χ1) is 9.51. The van der Waals surface area contributed by atoms with Gasteiger partial charge in [-0.1, -0.05) is 0 Å². The van der Waals surface area contributed by atoms with E-state index in [1.54, 1.807) is 35.6 Å². The number of hydrogen-bond donors (Lipinski definition) is 3. The molecule has 0 radical (unpaired) electrons. The zero-order chi connectivity index (χ0) is 14.7. The maximum Gasteiger partial charge on any atom is 0.251 e. The lowest BCUT2D eigenvalue weighted by molar-refractivity contribution is 0.0940. The summed E-state index contributed by atoms with van der Waals surface area (Å²) in [5, 5.41) is 4.00. The molecule has 20 heavy (non-hydrogen) atoms. The van der Waals surface area contributed by atoms with E-state index in [0.29, 0.717) is 5.56 Å². The number of aryl methyl sites for hydroxylation is 2. The molecule has 6 heteroatoms. The highest BCUT2D eigenvalue weighted by molar-refractivity contribution is 7.11. The Bertz CT molecular complexity index is 606. The van der Waals surface area contributed by atoms with Crippen LogP contribution in [0, 0.1) is 13.8 Å². The van der Waals surface area contributed by atoms with E-state index in [1.165, 1.54) is 0 Å². The summed E-state index contributed by atoms with van der Waals surface area (Å²) in [6.45, 7) is 5.89. The number of nitrogens with zero attached hydrogens (tertiary/aromatic N) is 1. The number of rotatable bonds is 4. The van der Waals surface area contributed by atoms with Crippen LogP contribution in [0.15, 0.2) is 24.3 Å². The first-order valence-corrected chi connectivity index (χ1v) is 7.14. The molecule has 4 N–H and O–H groups in total. The molecule has 0 saturated heterocycles. The Morgan fingerprint density at radius 2 is 1.95 bits per heavy atom. The molecule has 0 saturated carbocycles. The van der Waals surface area contributed by atoms with Crippen molar-refractivity contribution in [1.82, 2.24) is 10.3 Å². The zero-order valence-corrected chi connectivity index (χ0v) is 12.5. The number of carbonyl (C=O) groups is 1. The van der Waals surface area contributed by atoms with Crippen LogP contribution in [0.1, 0.15) is 38.9 Å². The van der Waals surface area contributed by atoms with Crippen molar-refractivity contribution < 1.29 is 4.79 Å². The fourth-order valence-corrected chi connectivity index (χ4v) is 2.94. The molecule has 0 bridgehead atoms. The van der Waals surface area contributed by atoms with Crippen molar-refractivity contribution >= 4 is 22.9 Å². The molecule has 5 nitrogen and oxygen atoms in total. The topological polar surface area (TPSA) is 80.0 Å². The number of nitrogen functional groups attached to an aromatic ring is 1. The highest BCUT2D eigenvalue weighted by Gasteiger charge is 2.16. The predicted octanol–water partition coefficient (Wildman–Crippen LogP) is 2.54. The lowest BCUT2D eigenvalue weighted by Gasteiger charge is -2.13.